The molecule has 7 nitrogen and oxygen atoms in total. The molecule has 1 aliphatic heterocycles. The molecule has 0 aliphatic carbocycles. The van der Waals surface area contributed by atoms with Gasteiger partial charge in [0.25, 0.3) is 5.56 Å². The van der Waals surface area contributed by atoms with Gasteiger partial charge in [-0.1, -0.05) is 12.1 Å². The molecule has 1 atom stereocenters. The maximum Gasteiger partial charge on any atom is 0.332 e. The van der Waals surface area contributed by atoms with Crippen molar-refractivity contribution in [2.45, 2.75) is 44.9 Å². The Morgan fingerprint density at radius 1 is 1.15 bits per heavy atom. The monoisotopic (exact) mass is 452 g/mol. The summed E-state index contributed by atoms with van der Waals surface area (Å²) in [6.45, 7) is 3.04. The number of hydrogen-bond donors (Lipinski definition) is 0. The highest BCUT2D eigenvalue weighted by Crippen LogP contribution is 2.27. The molecule has 1 saturated heterocycles. The highest BCUT2D eigenvalue weighted by atomic mass is 19.1. The summed E-state index contributed by atoms with van der Waals surface area (Å²) in [7, 11) is 3.07. The summed E-state index contributed by atoms with van der Waals surface area (Å²) >= 11 is 0. The summed E-state index contributed by atoms with van der Waals surface area (Å²) in [5, 5.41) is 0.406. The number of nitrogens with zero attached hydrogens (tertiary/aromatic N) is 4. The molecule has 1 aromatic carbocycles. The number of carbonyl (C=O) groups excluding carboxylic acids is 1. The summed E-state index contributed by atoms with van der Waals surface area (Å²) in [5.74, 6) is -0.0384. The number of hydrogen-bond acceptors (Lipinski definition) is 4. The largest absolute Gasteiger partial charge is 0.342 e. The first-order valence-electron chi connectivity index (χ1n) is 11.4. The Hall–Kier alpha value is -3.29. The molecule has 174 valence electrons. The van der Waals surface area contributed by atoms with Gasteiger partial charge in [0.2, 0.25) is 5.91 Å². The van der Waals surface area contributed by atoms with Gasteiger partial charge in [0.05, 0.1) is 5.39 Å². The van der Waals surface area contributed by atoms with E-state index in [0.29, 0.717) is 36.0 Å². The number of aromatic nitrogens is 3. The molecule has 1 unspecified atom stereocenters. The van der Waals surface area contributed by atoms with Crippen LogP contribution in [0.4, 0.5) is 4.39 Å². The zero-order valence-corrected chi connectivity index (χ0v) is 19.3. The molecule has 4 rings (SSSR count). The number of carbonyl (C=O) groups is 1. The first-order chi connectivity index (χ1) is 15.8. The van der Waals surface area contributed by atoms with Gasteiger partial charge in [0, 0.05) is 45.2 Å². The van der Waals surface area contributed by atoms with Gasteiger partial charge < -0.3 is 4.90 Å². The Balaban J connectivity index is 1.44. The molecule has 0 bridgehead atoms. The number of pyridine rings is 1. The SMILES string of the molecule is Cc1cc(CCCC(=O)N2CCCC(c3ccc4c(=O)n(C)c(=O)n(C)c4n3)C2)ccc1F. The van der Waals surface area contributed by atoms with E-state index in [0.717, 1.165) is 41.6 Å². The van der Waals surface area contributed by atoms with Crippen LogP contribution in [0.2, 0.25) is 0 Å². The van der Waals surface area contributed by atoms with Gasteiger partial charge in [-0.15, -0.1) is 0 Å². The second-order valence-electron chi connectivity index (χ2n) is 8.93. The van der Waals surface area contributed by atoms with Gasteiger partial charge in [0.1, 0.15) is 11.5 Å². The van der Waals surface area contributed by atoms with Crippen LogP contribution in [0.3, 0.4) is 0 Å². The fourth-order valence-corrected chi connectivity index (χ4v) is 4.61. The lowest BCUT2D eigenvalue weighted by Crippen LogP contribution is -2.39. The van der Waals surface area contributed by atoms with Crippen molar-refractivity contribution in [3.63, 3.8) is 0 Å². The third-order valence-electron chi connectivity index (χ3n) is 6.59. The smallest absolute Gasteiger partial charge is 0.332 e. The van der Waals surface area contributed by atoms with Gasteiger partial charge in [0.15, 0.2) is 0 Å². The van der Waals surface area contributed by atoms with Crippen LogP contribution in [0.15, 0.2) is 39.9 Å². The third kappa shape index (κ3) is 4.60. The Labute approximate surface area is 191 Å². The van der Waals surface area contributed by atoms with Crippen LogP contribution in [-0.4, -0.2) is 38.0 Å². The van der Waals surface area contributed by atoms with Crippen LogP contribution < -0.4 is 11.2 Å². The Morgan fingerprint density at radius 3 is 2.70 bits per heavy atom. The summed E-state index contributed by atoms with van der Waals surface area (Å²) in [5.41, 5.74) is 2.06. The molecule has 8 heteroatoms. The molecule has 1 aliphatic rings. The van der Waals surface area contributed by atoms with Crippen molar-refractivity contribution in [2.75, 3.05) is 13.1 Å². The van der Waals surface area contributed by atoms with Crippen molar-refractivity contribution in [2.24, 2.45) is 14.1 Å². The first-order valence-corrected chi connectivity index (χ1v) is 11.4. The van der Waals surface area contributed by atoms with Crippen LogP contribution in [0.5, 0.6) is 0 Å². The maximum atomic E-state index is 13.4. The van der Waals surface area contributed by atoms with E-state index >= 15 is 0 Å². The number of piperidine rings is 1. The second kappa shape index (κ2) is 9.29. The van der Waals surface area contributed by atoms with Gasteiger partial charge in [-0.05, 0) is 61.9 Å². The van der Waals surface area contributed by atoms with E-state index in [1.807, 2.05) is 17.0 Å². The molecule has 1 amide bonds. The molecule has 33 heavy (non-hydrogen) atoms. The van der Waals surface area contributed by atoms with Gasteiger partial charge in [-0.2, -0.15) is 0 Å². The van der Waals surface area contributed by atoms with E-state index in [9.17, 15) is 18.8 Å². The summed E-state index contributed by atoms with van der Waals surface area (Å²) in [6.07, 6.45) is 3.67. The first kappa shape index (κ1) is 22.9. The molecule has 3 aromatic rings. The van der Waals surface area contributed by atoms with Crippen LogP contribution >= 0.6 is 0 Å². The zero-order valence-electron chi connectivity index (χ0n) is 19.3. The molecule has 1 fully saturated rings. The topological polar surface area (TPSA) is 77.2 Å². The Bertz CT molecular complexity index is 1330. The fraction of sp³-hybridized carbons (Fsp3) is 0.440. The number of aryl methyl sites for hydroxylation is 3. The molecular weight excluding hydrogens is 423 g/mol. The van der Waals surface area contributed by atoms with E-state index in [2.05, 4.69) is 4.98 Å². The van der Waals surface area contributed by atoms with E-state index in [1.54, 1.807) is 26.1 Å². The number of halogens is 1. The van der Waals surface area contributed by atoms with E-state index in [1.165, 1.54) is 17.7 Å². The minimum atomic E-state index is -0.408. The predicted molar refractivity (Wildman–Crippen MR) is 125 cm³/mol. The Kier molecular flexibility index (Phi) is 6.44. The predicted octanol–water partition coefficient (Wildman–Crippen LogP) is 2.81. The molecular formula is C25H29FN4O3. The normalized spacial score (nSPS) is 16.4. The molecule has 2 aromatic heterocycles. The van der Waals surface area contributed by atoms with E-state index < -0.39 is 5.69 Å². The van der Waals surface area contributed by atoms with Crippen LogP contribution in [0.25, 0.3) is 11.0 Å². The van der Waals surface area contributed by atoms with Crippen molar-refractivity contribution < 1.29 is 9.18 Å². The highest BCUT2D eigenvalue weighted by molar-refractivity contribution is 5.76. The van der Waals surface area contributed by atoms with Gasteiger partial charge in [-0.3, -0.25) is 18.7 Å². The Morgan fingerprint density at radius 2 is 1.94 bits per heavy atom. The number of fused-ring (bicyclic) bond motifs is 1. The van der Waals surface area contributed by atoms with Crippen LogP contribution in [0, 0.1) is 12.7 Å². The molecule has 0 spiro atoms. The molecule has 3 heterocycles. The lowest BCUT2D eigenvalue weighted by atomic mass is 9.93. The van der Waals surface area contributed by atoms with Gasteiger partial charge >= 0.3 is 5.69 Å². The van der Waals surface area contributed by atoms with Crippen molar-refractivity contribution in [1.29, 1.82) is 0 Å². The average Bonchev–Trinajstić information content (AvgIpc) is 2.83. The van der Waals surface area contributed by atoms with Gasteiger partial charge in [-0.25, -0.2) is 14.2 Å². The highest BCUT2D eigenvalue weighted by Gasteiger charge is 2.26. The quantitative estimate of drug-likeness (QED) is 0.597. The van der Waals surface area contributed by atoms with Crippen molar-refractivity contribution in [1.82, 2.24) is 19.0 Å². The third-order valence-corrected chi connectivity index (χ3v) is 6.59. The minimum Gasteiger partial charge on any atom is -0.342 e. The average molecular weight is 453 g/mol. The van der Waals surface area contributed by atoms with Crippen LogP contribution in [-0.2, 0) is 25.3 Å². The zero-order chi connectivity index (χ0) is 23.7. The fourth-order valence-electron chi connectivity index (χ4n) is 4.61. The number of rotatable bonds is 5. The lowest BCUT2D eigenvalue weighted by Gasteiger charge is -2.32. The number of amides is 1. The minimum absolute atomic E-state index is 0.0611. The van der Waals surface area contributed by atoms with Crippen molar-refractivity contribution >= 4 is 16.9 Å². The summed E-state index contributed by atoms with van der Waals surface area (Å²) in [6, 6.07) is 8.65. The van der Waals surface area contributed by atoms with Crippen LogP contribution in [0.1, 0.15) is 48.4 Å². The molecule has 0 saturated carbocycles. The van der Waals surface area contributed by atoms with E-state index in [-0.39, 0.29) is 23.2 Å². The van der Waals surface area contributed by atoms with Crippen molar-refractivity contribution in [3.05, 3.63) is 73.8 Å². The standard InChI is InChI=1S/C25H29FN4O3/c1-16-14-17(9-11-20(16)26)6-4-8-22(31)30-13-5-7-18(15-30)21-12-10-19-23(27-21)28(2)25(33)29(3)24(19)32/h9-12,14,18H,4-8,13,15H2,1-3H3. The van der Waals surface area contributed by atoms with E-state index in [4.69, 9.17) is 0 Å². The number of likely N-dealkylation sites (tertiary alicyclic amines) is 1. The maximum absolute atomic E-state index is 13.4. The van der Waals surface area contributed by atoms with Crippen molar-refractivity contribution in [3.8, 4) is 0 Å². The molecule has 0 N–H and O–H groups in total. The summed E-state index contributed by atoms with van der Waals surface area (Å²) < 4.78 is 15.9. The lowest BCUT2D eigenvalue weighted by molar-refractivity contribution is -0.132. The number of benzene rings is 1. The summed E-state index contributed by atoms with van der Waals surface area (Å²) in [4.78, 5) is 44.1. The second-order valence-corrected chi connectivity index (χ2v) is 8.93. The molecule has 0 radical (unpaired) electrons.